The van der Waals surface area contributed by atoms with Gasteiger partial charge in [-0.3, -0.25) is 4.79 Å². The number of benzene rings is 3. The molecule has 5 atom stereocenters. The van der Waals surface area contributed by atoms with Gasteiger partial charge < -0.3 is 74.8 Å². The molecule has 0 spiro atoms. The summed E-state index contributed by atoms with van der Waals surface area (Å²) in [7, 11) is 0. The van der Waals surface area contributed by atoms with Crippen LogP contribution in [0.15, 0.2) is 45.6 Å². The molecule has 238 valence electrons. The van der Waals surface area contributed by atoms with E-state index in [-0.39, 0.29) is 5.56 Å². The van der Waals surface area contributed by atoms with Crippen LogP contribution in [0.25, 0.3) is 22.3 Å². The minimum absolute atomic E-state index is 0.321. The number of phenolic OH excluding ortho intramolecular Hbond substituents is 8. The lowest BCUT2D eigenvalue weighted by molar-refractivity contribution is -0.276. The molecule has 0 amide bonds. The van der Waals surface area contributed by atoms with Crippen molar-refractivity contribution in [3.63, 3.8) is 0 Å². The molecule has 17 heteroatoms. The summed E-state index contributed by atoms with van der Waals surface area (Å²) in [5.41, 5.74) is -2.47. The Morgan fingerprint density at radius 3 is 1.93 bits per heavy atom. The molecule has 1 aliphatic rings. The third kappa shape index (κ3) is 5.47. The first-order chi connectivity index (χ1) is 21.2. The minimum Gasteiger partial charge on any atom is -0.508 e. The Hall–Kier alpha value is -5.62. The van der Waals surface area contributed by atoms with Crippen molar-refractivity contribution in [1.82, 2.24) is 0 Å². The highest BCUT2D eigenvalue weighted by molar-refractivity contribution is 5.91. The van der Waals surface area contributed by atoms with Crippen molar-refractivity contribution in [3.05, 3.63) is 52.2 Å². The topological polar surface area (TPSA) is 298 Å². The fourth-order valence-corrected chi connectivity index (χ4v) is 4.61. The number of phenols is 8. The van der Waals surface area contributed by atoms with Gasteiger partial charge in [0.05, 0.1) is 12.2 Å². The van der Waals surface area contributed by atoms with E-state index in [1.165, 1.54) is 0 Å². The molecule has 2 heterocycles. The highest BCUT2D eigenvalue weighted by atomic mass is 16.7. The van der Waals surface area contributed by atoms with E-state index in [0.717, 1.165) is 24.3 Å². The average Bonchev–Trinajstić information content (AvgIpc) is 2.98. The molecule has 0 radical (unpaired) electrons. The molecule has 1 aromatic heterocycles. The SMILES string of the molecule is O=C(O[C@H]1[C@H](Oc2c(-c3cc(O)c(O)c(O)c3)oc3cc(O)cc(O)c3c2=O)O[C@H](CO)[C@H](O)[C@@H]1O)c1cc(O)c(O)c(O)c1. The Kier molecular flexibility index (Phi) is 7.86. The summed E-state index contributed by atoms with van der Waals surface area (Å²) in [6.07, 6.45) is -9.68. The van der Waals surface area contributed by atoms with Gasteiger partial charge in [0.1, 0.15) is 40.8 Å². The molecule has 45 heavy (non-hydrogen) atoms. The zero-order valence-corrected chi connectivity index (χ0v) is 22.4. The van der Waals surface area contributed by atoms with Crippen molar-refractivity contribution in [1.29, 1.82) is 0 Å². The molecule has 0 saturated carbocycles. The fourth-order valence-electron chi connectivity index (χ4n) is 4.61. The number of carbonyl (C=O) groups is 1. The molecule has 1 fully saturated rings. The van der Waals surface area contributed by atoms with Crippen LogP contribution in [0, 0.1) is 0 Å². The average molecular weight is 632 g/mol. The lowest BCUT2D eigenvalue weighted by Crippen LogP contribution is -2.61. The van der Waals surface area contributed by atoms with Gasteiger partial charge >= 0.3 is 5.97 Å². The second-order valence-electron chi connectivity index (χ2n) is 9.85. The highest BCUT2D eigenvalue weighted by Crippen LogP contribution is 2.43. The number of carbonyl (C=O) groups excluding carboxylic acids is 1. The predicted molar refractivity (Wildman–Crippen MR) is 145 cm³/mol. The van der Waals surface area contributed by atoms with Crippen molar-refractivity contribution < 1.29 is 79.6 Å². The fraction of sp³-hybridized carbons (Fsp3) is 0.214. The Morgan fingerprint density at radius 2 is 1.36 bits per heavy atom. The summed E-state index contributed by atoms with van der Waals surface area (Å²) in [6.45, 7) is -0.919. The van der Waals surface area contributed by atoms with Crippen LogP contribution in [-0.4, -0.2) is 99.5 Å². The van der Waals surface area contributed by atoms with Crippen LogP contribution in [-0.2, 0) is 9.47 Å². The van der Waals surface area contributed by atoms with E-state index in [2.05, 4.69) is 0 Å². The van der Waals surface area contributed by atoms with Gasteiger partial charge in [-0.2, -0.15) is 0 Å². The van der Waals surface area contributed by atoms with Gasteiger partial charge in [-0.25, -0.2) is 4.79 Å². The van der Waals surface area contributed by atoms with Crippen molar-refractivity contribution in [3.8, 4) is 63.1 Å². The maximum absolute atomic E-state index is 13.7. The quantitative estimate of drug-likeness (QED) is 0.0995. The molecule has 0 bridgehead atoms. The number of aliphatic hydroxyl groups excluding tert-OH is 3. The van der Waals surface area contributed by atoms with Gasteiger partial charge in [0, 0.05) is 17.7 Å². The number of ether oxygens (including phenoxy) is 3. The van der Waals surface area contributed by atoms with Crippen LogP contribution < -0.4 is 10.2 Å². The first kappa shape index (κ1) is 30.8. The Balaban J connectivity index is 1.65. The van der Waals surface area contributed by atoms with Crippen LogP contribution in [0.3, 0.4) is 0 Å². The maximum Gasteiger partial charge on any atom is 0.339 e. The lowest BCUT2D eigenvalue weighted by atomic mass is 9.99. The molecule has 5 rings (SSSR count). The molecule has 4 aromatic rings. The maximum atomic E-state index is 13.7. The Morgan fingerprint density at radius 1 is 0.778 bits per heavy atom. The normalized spacial score (nSPS) is 21.4. The van der Waals surface area contributed by atoms with Gasteiger partial charge in [0.25, 0.3) is 0 Å². The van der Waals surface area contributed by atoms with Gasteiger partial charge in [-0.15, -0.1) is 0 Å². The molecule has 0 unspecified atom stereocenters. The van der Waals surface area contributed by atoms with E-state index >= 15 is 0 Å². The van der Waals surface area contributed by atoms with Crippen molar-refractivity contribution in [2.45, 2.75) is 30.7 Å². The number of hydrogen-bond acceptors (Lipinski definition) is 17. The Labute approximate surface area is 249 Å². The van der Waals surface area contributed by atoms with Crippen LogP contribution in [0.1, 0.15) is 10.4 Å². The zero-order valence-electron chi connectivity index (χ0n) is 22.4. The second kappa shape index (κ2) is 11.5. The summed E-state index contributed by atoms with van der Waals surface area (Å²) < 4.78 is 22.1. The van der Waals surface area contributed by atoms with Gasteiger partial charge in [-0.05, 0) is 24.3 Å². The molecule has 0 aliphatic carbocycles. The monoisotopic (exact) mass is 632 g/mol. The van der Waals surface area contributed by atoms with Crippen LogP contribution >= 0.6 is 0 Å². The summed E-state index contributed by atoms with van der Waals surface area (Å²) in [6, 6.07) is 4.82. The number of rotatable bonds is 6. The number of fused-ring (bicyclic) bond motifs is 1. The van der Waals surface area contributed by atoms with E-state index in [9.17, 15) is 65.8 Å². The highest BCUT2D eigenvalue weighted by Gasteiger charge is 2.49. The largest absolute Gasteiger partial charge is 0.508 e. The van der Waals surface area contributed by atoms with Crippen molar-refractivity contribution >= 4 is 16.9 Å². The van der Waals surface area contributed by atoms with E-state index in [1.54, 1.807) is 0 Å². The van der Waals surface area contributed by atoms with Gasteiger partial charge in [-0.1, -0.05) is 0 Å². The zero-order chi connectivity index (χ0) is 32.9. The summed E-state index contributed by atoms with van der Waals surface area (Å²) in [4.78, 5) is 26.7. The predicted octanol–water partition coefficient (Wildman–Crippen LogP) is 0.148. The first-order valence-corrected chi connectivity index (χ1v) is 12.7. The molecule has 11 N–H and O–H groups in total. The van der Waals surface area contributed by atoms with Crippen LogP contribution in [0.5, 0.6) is 51.7 Å². The van der Waals surface area contributed by atoms with Crippen molar-refractivity contribution in [2.75, 3.05) is 6.61 Å². The van der Waals surface area contributed by atoms with E-state index in [4.69, 9.17) is 18.6 Å². The third-order valence-electron chi connectivity index (χ3n) is 6.86. The summed E-state index contributed by atoms with van der Waals surface area (Å²) >= 11 is 0. The Bertz CT molecular complexity index is 1820. The number of aromatic hydroxyl groups is 8. The lowest BCUT2D eigenvalue weighted by Gasteiger charge is -2.41. The number of esters is 1. The first-order valence-electron chi connectivity index (χ1n) is 12.7. The summed E-state index contributed by atoms with van der Waals surface area (Å²) in [5.74, 6) is -9.65. The van der Waals surface area contributed by atoms with Gasteiger partial charge in [0.15, 0.2) is 46.4 Å². The smallest absolute Gasteiger partial charge is 0.339 e. The van der Waals surface area contributed by atoms with Crippen LogP contribution in [0.2, 0.25) is 0 Å². The van der Waals surface area contributed by atoms with Gasteiger partial charge in [0.2, 0.25) is 17.5 Å². The molecule has 17 nitrogen and oxygen atoms in total. The number of hydrogen-bond donors (Lipinski definition) is 11. The third-order valence-corrected chi connectivity index (χ3v) is 6.86. The molecule has 3 aromatic carbocycles. The van der Waals surface area contributed by atoms with Crippen molar-refractivity contribution in [2.24, 2.45) is 0 Å². The van der Waals surface area contributed by atoms with E-state index in [0.29, 0.717) is 12.1 Å². The molecular weight excluding hydrogens is 608 g/mol. The molecule has 1 saturated heterocycles. The molecule has 1 aliphatic heterocycles. The second-order valence-corrected chi connectivity index (χ2v) is 9.85. The number of aliphatic hydroxyl groups is 3. The molecular formula is C28H24O17. The van der Waals surface area contributed by atoms with Crippen LogP contribution in [0.4, 0.5) is 0 Å². The summed E-state index contributed by atoms with van der Waals surface area (Å²) in [5, 5.41) is 110. The van der Waals surface area contributed by atoms with E-state index < -0.39 is 123 Å². The van der Waals surface area contributed by atoms with E-state index in [1.807, 2.05) is 0 Å². The standard InChI is InChI=1S/C28H24O17/c29-7-17-21(38)23(40)26(44-27(41)9-3-14(34)20(37)15(35)4-9)28(43-17)45-25-22(39)18-11(31)5-10(30)6-16(18)42-24(25)8-1-12(32)19(36)13(33)2-8/h1-6,17,21,23,26,28-38,40H,7H2/t17-,21+,23+,26-,28+/m1/s1. The minimum atomic E-state index is -2.08.